The molecule has 1 aliphatic heterocycles. The Bertz CT molecular complexity index is 475. The first-order valence-electron chi connectivity index (χ1n) is 6.04. The first-order valence-corrected chi connectivity index (χ1v) is 7.89. The zero-order chi connectivity index (χ0) is 13.0. The summed E-state index contributed by atoms with van der Waals surface area (Å²) in [5, 5.41) is 0. The van der Waals surface area contributed by atoms with Crippen LogP contribution in [0.3, 0.4) is 0 Å². The highest BCUT2D eigenvalue weighted by atomic mass is 32.2. The van der Waals surface area contributed by atoms with Crippen LogP contribution in [0.4, 0.5) is 0 Å². The summed E-state index contributed by atoms with van der Waals surface area (Å²) in [6, 6.07) is 5.50. The highest BCUT2D eigenvalue weighted by molar-refractivity contribution is 7.88. The van der Waals surface area contributed by atoms with E-state index < -0.39 is 10.0 Å². The van der Waals surface area contributed by atoms with Crippen LogP contribution in [0.15, 0.2) is 24.4 Å². The molecule has 0 N–H and O–H groups in total. The van der Waals surface area contributed by atoms with Crippen LogP contribution in [0.25, 0.3) is 0 Å². The van der Waals surface area contributed by atoms with E-state index in [4.69, 9.17) is 4.74 Å². The number of hydrogen-bond donors (Lipinski definition) is 0. The van der Waals surface area contributed by atoms with Gasteiger partial charge in [-0.2, -0.15) is 0 Å². The molecule has 0 spiro atoms. The minimum Gasteiger partial charge on any atom is -0.477 e. The van der Waals surface area contributed by atoms with Gasteiger partial charge in [0.1, 0.15) is 0 Å². The van der Waals surface area contributed by atoms with Crippen LogP contribution >= 0.6 is 0 Å². The molecule has 0 aromatic carbocycles. The number of pyridine rings is 1. The molecule has 5 nitrogen and oxygen atoms in total. The molecule has 1 atom stereocenters. The summed E-state index contributed by atoms with van der Waals surface area (Å²) in [5.74, 6) is 0.837. The van der Waals surface area contributed by atoms with Gasteiger partial charge in [-0.05, 0) is 18.9 Å². The monoisotopic (exact) mass is 270 g/mol. The maximum Gasteiger partial charge on any atom is 0.213 e. The second kappa shape index (κ2) is 5.67. The molecular weight excluding hydrogens is 252 g/mol. The van der Waals surface area contributed by atoms with Gasteiger partial charge >= 0.3 is 0 Å². The van der Waals surface area contributed by atoms with Gasteiger partial charge in [0.2, 0.25) is 15.9 Å². The van der Waals surface area contributed by atoms with Crippen LogP contribution in [0.1, 0.15) is 12.8 Å². The highest BCUT2D eigenvalue weighted by Crippen LogP contribution is 2.19. The molecule has 1 fully saturated rings. The van der Waals surface area contributed by atoms with Gasteiger partial charge in [0, 0.05) is 31.3 Å². The van der Waals surface area contributed by atoms with E-state index in [0.717, 1.165) is 12.8 Å². The SMILES string of the molecule is CS(=O)(=O)N1CCCC(COc2ccccn2)C1. The maximum atomic E-state index is 11.5. The van der Waals surface area contributed by atoms with Crippen molar-refractivity contribution in [1.29, 1.82) is 0 Å². The fraction of sp³-hybridized carbons (Fsp3) is 0.583. The van der Waals surface area contributed by atoms with Gasteiger partial charge in [0.05, 0.1) is 12.9 Å². The average Bonchev–Trinajstić information content (AvgIpc) is 2.37. The Morgan fingerprint density at radius 1 is 1.50 bits per heavy atom. The summed E-state index contributed by atoms with van der Waals surface area (Å²) in [6.45, 7) is 1.69. The molecule has 2 rings (SSSR count). The van der Waals surface area contributed by atoms with Crippen LogP contribution in [-0.2, 0) is 10.0 Å². The fourth-order valence-corrected chi connectivity index (χ4v) is 3.04. The highest BCUT2D eigenvalue weighted by Gasteiger charge is 2.26. The number of rotatable bonds is 4. The first-order chi connectivity index (χ1) is 8.55. The second-order valence-corrected chi connectivity index (χ2v) is 6.59. The molecule has 1 saturated heterocycles. The van der Waals surface area contributed by atoms with Gasteiger partial charge in [-0.1, -0.05) is 6.07 Å². The first kappa shape index (κ1) is 13.3. The Morgan fingerprint density at radius 3 is 3.00 bits per heavy atom. The molecule has 1 unspecified atom stereocenters. The molecular formula is C12H18N2O3S. The minimum absolute atomic E-state index is 0.246. The van der Waals surface area contributed by atoms with Gasteiger partial charge in [-0.25, -0.2) is 17.7 Å². The van der Waals surface area contributed by atoms with Gasteiger partial charge in [-0.3, -0.25) is 0 Å². The molecule has 6 heteroatoms. The summed E-state index contributed by atoms with van der Waals surface area (Å²) in [7, 11) is -3.08. The number of aromatic nitrogens is 1. The van der Waals surface area contributed by atoms with Crippen LogP contribution in [0, 0.1) is 5.92 Å². The quantitative estimate of drug-likeness (QED) is 0.823. The molecule has 0 amide bonds. The van der Waals surface area contributed by atoms with E-state index in [9.17, 15) is 8.42 Å². The largest absolute Gasteiger partial charge is 0.477 e. The molecule has 0 bridgehead atoms. The van der Waals surface area contributed by atoms with E-state index in [1.165, 1.54) is 10.6 Å². The summed E-state index contributed by atoms with van der Waals surface area (Å²) in [5.41, 5.74) is 0. The van der Waals surface area contributed by atoms with E-state index in [0.29, 0.717) is 25.6 Å². The zero-order valence-corrected chi connectivity index (χ0v) is 11.3. The minimum atomic E-state index is -3.08. The van der Waals surface area contributed by atoms with Crippen molar-refractivity contribution in [1.82, 2.24) is 9.29 Å². The molecule has 18 heavy (non-hydrogen) atoms. The Morgan fingerprint density at radius 2 is 2.33 bits per heavy atom. The van der Waals surface area contributed by atoms with Gasteiger partial charge < -0.3 is 4.74 Å². The van der Waals surface area contributed by atoms with Crippen molar-refractivity contribution in [3.05, 3.63) is 24.4 Å². The molecule has 0 radical (unpaired) electrons. The molecule has 0 aliphatic carbocycles. The van der Waals surface area contributed by atoms with E-state index in [1.54, 1.807) is 12.3 Å². The van der Waals surface area contributed by atoms with Crippen molar-refractivity contribution >= 4 is 10.0 Å². The van der Waals surface area contributed by atoms with Crippen molar-refractivity contribution in [3.8, 4) is 5.88 Å². The molecule has 2 heterocycles. The number of piperidine rings is 1. The van der Waals surface area contributed by atoms with E-state index in [2.05, 4.69) is 4.98 Å². The van der Waals surface area contributed by atoms with Crippen molar-refractivity contribution in [2.24, 2.45) is 5.92 Å². The van der Waals surface area contributed by atoms with Crippen LogP contribution in [0.5, 0.6) is 5.88 Å². The Labute approximate surface area is 108 Å². The maximum absolute atomic E-state index is 11.5. The van der Waals surface area contributed by atoms with Crippen molar-refractivity contribution in [3.63, 3.8) is 0 Å². The summed E-state index contributed by atoms with van der Waals surface area (Å²) in [6.07, 6.45) is 4.83. The van der Waals surface area contributed by atoms with Crippen LogP contribution < -0.4 is 4.74 Å². The van der Waals surface area contributed by atoms with Gasteiger partial charge in [0.15, 0.2) is 0 Å². The molecule has 1 aromatic rings. The lowest BCUT2D eigenvalue weighted by molar-refractivity contribution is 0.176. The molecule has 1 aromatic heterocycles. The third-order valence-electron chi connectivity index (χ3n) is 3.06. The van der Waals surface area contributed by atoms with Crippen molar-refractivity contribution in [2.75, 3.05) is 26.0 Å². The Kier molecular flexibility index (Phi) is 4.19. The summed E-state index contributed by atoms with van der Waals surface area (Å²) < 4.78 is 30.1. The summed E-state index contributed by atoms with van der Waals surface area (Å²) >= 11 is 0. The van der Waals surface area contributed by atoms with E-state index in [-0.39, 0.29) is 5.92 Å². The summed E-state index contributed by atoms with van der Waals surface area (Å²) in [4.78, 5) is 4.08. The fourth-order valence-electron chi connectivity index (χ4n) is 2.10. The molecule has 0 saturated carbocycles. The standard InChI is InChI=1S/C12H18N2O3S/c1-18(15,16)14-8-4-5-11(9-14)10-17-12-6-2-3-7-13-12/h2-3,6-7,11H,4-5,8-10H2,1H3. The molecule has 1 aliphatic rings. The Hall–Kier alpha value is -1.14. The van der Waals surface area contributed by atoms with Crippen molar-refractivity contribution in [2.45, 2.75) is 12.8 Å². The van der Waals surface area contributed by atoms with Crippen LogP contribution in [-0.4, -0.2) is 43.7 Å². The smallest absolute Gasteiger partial charge is 0.213 e. The number of ether oxygens (including phenoxy) is 1. The predicted octanol–water partition coefficient (Wildman–Crippen LogP) is 1.13. The van der Waals surface area contributed by atoms with Crippen LogP contribution in [0.2, 0.25) is 0 Å². The lowest BCUT2D eigenvalue weighted by Gasteiger charge is -2.30. The zero-order valence-electron chi connectivity index (χ0n) is 10.4. The predicted molar refractivity (Wildman–Crippen MR) is 68.9 cm³/mol. The van der Waals surface area contributed by atoms with Gasteiger partial charge in [0.25, 0.3) is 0 Å². The van der Waals surface area contributed by atoms with Gasteiger partial charge in [-0.15, -0.1) is 0 Å². The van der Waals surface area contributed by atoms with Crippen molar-refractivity contribution < 1.29 is 13.2 Å². The van der Waals surface area contributed by atoms with E-state index in [1.807, 2.05) is 12.1 Å². The number of hydrogen-bond acceptors (Lipinski definition) is 4. The third-order valence-corrected chi connectivity index (χ3v) is 4.33. The lowest BCUT2D eigenvalue weighted by atomic mass is 10.0. The third kappa shape index (κ3) is 3.68. The van der Waals surface area contributed by atoms with E-state index >= 15 is 0 Å². The number of sulfonamides is 1. The molecule has 100 valence electrons. The second-order valence-electron chi connectivity index (χ2n) is 4.61. The Balaban J connectivity index is 1.87. The number of nitrogens with zero attached hydrogens (tertiary/aromatic N) is 2. The topological polar surface area (TPSA) is 59.5 Å². The normalized spacial score (nSPS) is 21.7. The lowest BCUT2D eigenvalue weighted by Crippen LogP contribution is -2.40. The average molecular weight is 270 g/mol.